The Balaban J connectivity index is 1.53. The van der Waals surface area contributed by atoms with Crippen molar-refractivity contribution in [3.63, 3.8) is 0 Å². The maximum Gasteiger partial charge on any atom is 0.251 e. The summed E-state index contributed by atoms with van der Waals surface area (Å²) in [6.45, 7) is 4.72. The molecule has 0 aliphatic carbocycles. The zero-order valence-corrected chi connectivity index (χ0v) is 19.5. The van der Waals surface area contributed by atoms with E-state index in [9.17, 15) is 18.0 Å². The lowest BCUT2D eigenvalue weighted by Crippen LogP contribution is -2.36. The first-order chi connectivity index (χ1) is 15.9. The molecule has 1 atom stereocenters. The number of carbonyl (C=O) groups excluding carboxylic acids is 2. The minimum Gasteiger partial charge on any atom is -0.352 e. The topological polar surface area (TPSA) is 95.6 Å². The van der Waals surface area contributed by atoms with Crippen molar-refractivity contribution >= 4 is 21.8 Å². The molecular weight excluding hydrogens is 438 g/mol. The van der Waals surface area contributed by atoms with Crippen molar-refractivity contribution in [1.82, 2.24) is 14.9 Å². The van der Waals surface area contributed by atoms with Crippen LogP contribution >= 0.6 is 0 Å². The van der Waals surface area contributed by atoms with E-state index < -0.39 is 10.0 Å². The third-order valence-corrected chi connectivity index (χ3v) is 7.66. The molecule has 0 saturated carbocycles. The van der Waals surface area contributed by atoms with Gasteiger partial charge in [0.05, 0.1) is 4.90 Å². The lowest BCUT2D eigenvalue weighted by atomic mass is 10.1. The third kappa shape index (κ3) is 7.00. The average molecular weight is 470 g/mol. The molecule has 0 spiro atoms. The molecule has 1 aliphatic heterocycles. The zero-order chi connectivity index (χ0) is 23.7. The second kappa shape index (κ2) is 11.8. The van der Waals surface area contributed by atoms with Gasteiger partial charge in [0.1, 0.15) is 0 Å². The van der Waals surface area contributed by atoms with Gasteiger partial charge in [0, 0.05) is 31.2 Å². The number of amides is 2. The summed E-state index contributed by atoms with van der Waals surface area (Å²) in [4.78, 5) is 24.1. The molecular formula is C25H31N3O4S. The molecule has 1 fully saturated rings. The quantitative estimate of drug-likeness (QED) is 0.436. The Hall–Kier alpha value is -2.97. The van der Waals surface area contributed by atoms with Gasteiger partial charge >= 0.3 is 0 Å². The molecule has 0 aromatic heterocycles. The number of carbonyl (C=O) groups is 2. The van der Waals surface area contributed by atoms with E-state index in [4.69, 9.17) is 0 Å². The maximum atomic E-state index is 13.1. The standard InChI is InChI=1S/C25H31N3O4S/c1-2-24(29)27-22-11-7-18-28(19-16-22)33(31,32)23-14-12-21(13-15-23)25(30)26-17-6-10-20-8-4-3-5-9-20/h2-5,8-9,12-15,22H,1,6-7,10-11,16-19H2,(H,26,30)(H,27,29). The number of nitrogens with one attached hydrogen (secondary N) is 2. The Morgan fingerprint density at radius 1 is 1.03 bits per heavy atom. The number of benzene rings is 2. The Bertz CT molecular complexity index is 1050. The maximum absolute atomic E-state index is 13.1. The number of hydrogen-bond donors (Lipinski definition) is 2. The second-order valence-electron chi connectivity index (χ2n) is 8.11. The molecule has 0 bridgehead atoms. The van der Waals surface area contributed by atoms with Crippen LogP contribution in [0.1, 0.15) is 41.6 Å². The van der Waals surface area contributed by atoms with Crippen molar-refractivity contribution in [1.29, 1.82) is 0 Å². The van der Waals surface area contributed by atoms with Crippen LogP contribution in [0.2, 0.25) is 0 Å². The van der Waals surface area contributed by atoms with E-state index in [0.29, 0.717) is 38.0 Å². The lowest BCUT2D eigenvalue weighted by Gasteiger charge is -2.20. The van der Waals surface area contributed by atoms with Gasteiger partial charge in [-0.2, -0.15) is 4.31 Å². The first-order valence-electron chi connectivity index (χ1n) is 11.3. The van der Waals surface area contributed by atoms with Gasteiger partial charge in [-0.25, -0.2) is 8.42 Å². The average Bonchev–Trinajstić information content (AvgIpc) is 3.08. The summed E-state index contributed by atoms with van der Waals surface area (Å²) in [5.41, 5.74) is 1.65. The van der Waals surface area contributed by atoms with Crippen molar-refractivity contribution in [3.8, 4) is 0 Å². The molecule has 1 aliphatic rings. The molecule has 1 heterocycles. The largest absolute Gasteiger partial charge is 0.352 e. The van der Waals surface area contributed by atoms with E-state index in [0.717, 1.165) is 19.3 Å². The zero-order valence-electron chi connectivity index (χ0n) is 18.7. The predicted octanol–water partition coefficient (Wildman–Crippen LogP) is 2.89. The normalized spacial score (nSPS) is 17.0. The highest BCUT2D eigenvalue weighted by atomic mass is 32.2. The SMILES string of the molecule is C=CC(=O)NC1CCCN(S(=O)(=O)c2ccc(C(=O)NCCCc3ccccc3)cc2)CC1. The lowest BCUT2D eigenvalue weighted by molar-refractivity contribution is -0.117. The van der Waals surface area contributed by atoms with E-state index >= 15 is 0 Å². The van der Waals surface area contributed by atoms with E-state index in [-0.39, 0.29) is 22.8 Å². The predicted molar refractivity (Wildman–Crippen MR) is 128 cm³/mol. The molecule has 3 rings (SSSR count). The van der Waals surface area contributed by atoms with Crippen LogP contribution in [0.5, 0.6) is 0 Å². The van der Waals surface area contributed by atoms with Crippen molar-refractivity contribution in [3.05, 3.63) is 78.4 Å². The Labute approximate surface area is 195 Å². The van der Waals surface area contributed by atoms with Gasteiger partial charge in [0.25, 0.3) is 5.91 Å². The molecule has 2 N–H and O–H groups in total. The molecule has 2 amide bonds. The van der Waals surface area contributed by atoms with Crippen molar-refractivity contribution in [2.75, 3.05) is 19.6 Å². The minimum atomic E-state index is -3.67. The summed E-state index contributed by atoms with van der Waals surface area (Å²) in [7, 11) is -3.67. The van der Waals surface area contributed by atoms with Gasteiger partial charge in [-0.1, -0.05) is 36.9 Å². The molecule has 7 nitrogen and oxygen atoms in total. The van der Waals surface area contributed by atoms with E-state index in [2.05, 4.69) is 29.3 Å². The highest BCUT2D eigenvalue weighted by Crippen LogP contribution is 2.21. The summed E-state index contributed by atoms with van der Waals surface area (Å²) in [6.07, 6.45) is 4.85. The molecule has 0 radical (unpaired) electrons. The molecule has 33 heavy (non-hydrogen) atoms. The van der Waals surface area contributed by atoms with Crippen LogP contribution in [0.25, 0.3) is 0 Å². The number of sulfonamides is 1. The summed E-state index contributed by atoms with van der Waals surface area (Å²) in [5, 5.41) is 5.73. The fourth-order valence-corrected chi connectivity index (χ4v) is 5.38. The van der Waals surface area contributed by atoms with Gasteiger partial charge in [0.2, 0.25) is 15.9 Å². The smallest absolute Gasteiger partial charge is 0.251 e. The summed E-state index contributed by atoms with van der Waals surface area (Å²) < 4.78 is 27.6. The first-order valence-corrected chi connectivity index (χ1v) is 12.7. The van der Waals surface area contributed by atoms with E-state index in [1.54, 1.807) is 12.1 Å². The van der Waals surface area contributed by atoms with E-state index in [1.807, 2.05) is 18.2 Å². The second-order valence-corrected chi connectivity index (χ2v) is 10.1. The van der Waals surface area contributed by atoms with Crippen molar-refractivity contribution in [2.45, 2.75) is 43.0 Å². The molecule has 8 heteroatoms. The van der Waals surface area contributed by atoms with Crippen molar-refractivity contribution < 1.29 is 18.0 Å². The number of aryl methyl sites for hydroxylation is 1. The Morgan fingerprint density at radius 2 is 1.76 bits per heavy atom. The summed E-state index contributed by atoms with van der Waals surface area (Å²) in [5.74, 6) is -0.465. The Morgan fingerprint density at radius 3 is 2.45 bits per heavy atom. The molecule has 176 valence electrons. The van der Waals surface area contributed by atoms with Gasteiger partial charge in [-0.15, -0.1) is 0 Å². The van der Waals surface area contributed by atoms with E-state index in [1.165, 1.54) is 28.1 Å². The van der Waals surface area contributed by atoms with Crippen LogP contribution in [0.3, 0.4) is 0 Å². The summed E-state index contributed by atoms with van der Waals surface area (Å²) in [6, 6.07) is 16.1. The van der Waals surface area contributed by atoms with Crippen LogP contribution in [-0.4, -0.2) is 50.2 Å². The Kier molecular flexibility index (Phi) is 8.79. The van der Waals surface area contributed by atoms with Gasteiger partial charge in [-0.05, 0) is 68.0 Å². The highest BCUT2D eigenvalue weighted by Gasteiger charge is 2.28. The van der Waals surface area contributed by atoms with Crippen LogP contribution < -0.4 is 10.6 Å². The highest BCUT2D eigenvalue weighted by molar-refractivity contribution is 7.89. The van der Waals surface area contributed by atoms with Crippen molar-refractivity contribution in [2.24, 2.45) is 0 Å². The molecule has 1 unspecified atom stereocenters. The first kappa shape index (κ1) is 24.7. The summed E-state index contributed by atoms with van der Waals surface area (Å²) >= 11 is 0. The monoisotopic (exact) mass is 469 g/mol. The fraction of sp³-hybridized carbons (Fsp3) is 0.360. The third-order valence-electron chi connectivity index (χ3n) is 5.74. The number of rotatable bonds is 9. The minimum absolute atomic E-state index is 0.0661. The number of hydrogen-bond acceptors (Lipinski definition) is 4. The molecule has 2 aromatic carbocycles. The van der Waals surface area contributed by atoms with Gasteiger partial charge < -0.3 is 10.6 Å². The molecule has 1 saturated heterocycles. The van der Waals surface area contributed by atoms with Gasteiger partial charge in [-0.3, -0.25) is 9.59 Å². The van der Waals surface area contributed by atoms with Crippen LogP contribution in [0.15, 0.2) is 72.1 Å². The van der Waals surface area contributed by atoms with Crippen LogP contribution in [0, 0.1) is 0 Å². The van der Waals surface area contributed by atoms with Gasteiger partial charge in [0.15, 0.2) is 0 Å². The van der Waals surface area contributed by atoms with Crippen LogP contribution in [0.4, 0.5) is 0 Å². The fourth-order valence-electron chi connectivity index (χ4n) is 3.88. The number of nitrogens with zero attached hydrogens (tertiary/aromatic N) is 1. The van der Waals surface area contributed by atoms with Crippen LogP contribution in [-0.2, 0) is 21.2 Å². The molecule has 2 aromatic rings.